The summed E-state index contributed by atoms with van der Waals surface area (Å²) in [6.07, 6.45) is 1.27. The maximum atomic E-state index is 12.6. The quantitative estimate of drug-likeness (QED) is 0.239. The number of carbonyl (C=O) groups is 2. The van der Waals surface area contributed by atoms with Crippen LogP contribution in [-0.4, -0.2) is 45.8 Å². The lowest BCUT2D eigenvalue weighted by Gasteiger charge is -2.35. The molecule has 0 fully saturated rings. The molecule has 4 rings (SSSR count). The fourth-order valence-corrected chi connectivity index (χ4v) is 4.17. The Hall–Kier alpha value is -2.83. The molecule has 1 aliphatic rings. The number of nitrogens with one attached hydrogen (secondary N) is 4. The van der Waals surface area contributed by atoms with Gasteiger partial charge in [-0.2, -0.15) is 0 Å². The van der Waals surface area contributed by atoms with Gasteiger partial charge in [-0.05, 0) is 56.6 Å². The molecule has 0 aliphatic carbocycles. The highest BCUT2D eigenvalue weighted by molar-refractivity contribution is 9.13. The number of benzene rings is 1. The van der Waals surface area contributed by atoms with E-state index in [2.05, 4.69) is 57.4 Å². The van der Waals surface area contributed by atoms with E-state index in [1.54, 1.807) is 30.5 Å². The number of H-pyrrole nitrogens is 2. The summed E-state index contributed by atoms with van der Waals surface area (Å²) in [6.45, 7) is 0.454. The number of hydrogen-bond acceptors (Lipinski definition) is 7. The maximum Gasteiger partial charge on any atom is 0.267 e. The third kappa shape index (κ3) is 4.52. The molecular weight excluding hydrogens is 546 g/mol. The summed E-state index contributed by atoms with van der Waals surface area (Å²) in [5.41, 5.74) is 13.4. The van der Waals surface area contributed by atoms with E-state index in [1.165, 1.54) is 0 Å². The summed E-state index contributed by atoms with van der Waals surface area (Å²) >= 11 is 6.68. The first-order valence-electron chi connectivity index (χ1n) is 9.79. The predicted octanol–water partition coefficient (Wildman–Crippen LogP) is 2.72. The molecule has 3 heterocycles. The Balaban J connectivity index is 1.61. The van der Waals surface area contributed by atoms with Gasteiger partial charge < -0.3 is 36.8 Å². The van der Waals surface area contributed by atoms with Crippen molar-refractivity contribution in [3.8, 4) is 5.75 Å². The second kappa shape index (κ2) is 9.35. The number of carbonyl (C=O) groups excluding carboxylic acids is 2. The number of ether oxygens (including phenoxy) is 1. The summed E-state index contributed by atoms with van der Waals surface area (Å²) in [5, 5.41) is 6.26. The molecule has 3 aromatic rings. The molecule has 1 aliphatic heterocycles. The van der Waals surface area contributed by atoms with Crippen molar-refractivity contribution >= 4 is 55.2 Å². The predicted molar refractivity (Wildman–Crippen MR) is 127 cm³/mol. The minimum Gasteiger partial charge on any atom is -0.480 e. The average molecular weight is 567 g/mol. The highest BCUT2D eigenvalue weighted by Crippen LogP contribution is 2.39. The zero-order chi connectivity index (χ0) is 22.8. The minimum absolute atomic E-state index is 0.0893. The Morgan fingerprint density at radius 1 is 1.25 bits per heavy atom. The van der Waals surface area contributed by atoms with E-state index in [9.17, 15) is 9.59 Å². The van der Waals surface area contributed by atoms with Gasteiger partial charge in [-0.3, -0.25) is 9.59 Å². The summed E-state index contributed by atoms with van der Waals surface area (Å²) in [4.78, 5) is 35.2. The smallest absolute Gasteiger partial charge is 0.267 e. The van der Waals surface area contributed by atoms with Crippen molar-refractivity contribution in [3.05, 3.63) is 56.5 Å². The number of fused-ring (bicyclic) bond motifs is 1. The first kappa shape index (κ1) is 22.4. The van der Waals surface area contributed by atoms with Gasteiger partial charge in [0.25, 0.3) is 5.91 Å². The second-order valence-corrected chi connectivity index (χ2v) is 8.86. The lowest BCUT2D eigenvalue weighted by molar-refractivity contribution is 0.0930. The van der Waals surface area contributed by atoms with Crippen LogP contribution in [0.5, 0.6) is 5.75 Å². The van der Waals surface area contributed by atoms with Crippen LogP contribution in [0, 0.1) is 0 Å². The van der Waals surface area contributed by atoms with Gasteiger partial charge in [0.15, 0.2) is 17.8 Å². The number of Topliss-reactive ketones (excluding diaryl/α,β-unsaturated/α-hetero) is 1. The number of rotatable bonds is 7. The van der Waals surface area contributed by atoms with Crippen molar-refractivity contribution < 1.29 is 14.3 Å². The normalized spacial score (nSPS) is 17.2. The number of amides is 1. The fraction of sp³-hybridized carbons (Fsp3) is 0.250. The van der Waals surface area contributed by atoms with E-state index in [0.29, 0.717) is 33.0 Å². The highest BCUT2D eigenvalue weighted by Gasteiger charge is 2.34. The molecule has 32 heavy (non-hydrogen) atoms. The molecule has 8 N–H and O–H groups in total. The van der Waals surface area contributed by atoms with E-state index >= 15 is 0 Å². The first-order chi connectivity index (χ1) is 15.4. The molecule has 0 saturated carbocycles. The van der Waals surface area contributed by atoms with Crippen LogP contribution in [0.25, 0.3) is 0 Å². The van der Waals surface area contributed by atoms with Crippen LogP contribution in [0.15, 0.2) is 39.5 Å². The number of halogens is 2. The van der Waals surface area contributed by atoms with Gasteiger partial charge in [0, 0.05) is 18.5 Å². The number of nitrogens with two attached hydrogens (primary N) is 2. The van der Waals surface area contributed by atoms with Crippen molar-refractivity contribution in [2.45, 2.75) is 18.6 Å². The molecule has 10 nitrogen and oxygen atoms in total. The molecule has 12 heteroatoms. The first-order valence-corrected chi connectivity index (χ1v) is 11.4. The van der Waals surface area contributed by atoms with Crippen molar-refractivity contribution in [2.24, 2.45) is 5.73 Å². The molecule has 1 amide bonds. The van der Waals surface area contributed by atoms with E-state index in [4.69, 9.17) is 16.2 Å². The minimum atomic E-state index is -0.533. The van der Waals surface area contributed by atoms with Gasteiger partial charge in [0.2, 0.25) is 0 Å². The van der Waals surface area contributed by atoms with Crippen LogP contribution < -0.4 is 26.8 Å². The van der Waals surface area contributed by atoms with Gasteiger partial charge in [-0.1, -0.05) is 6.07 Å². The van der Waals surface area contributed by atoms with Crippen molar-refractivity contribution in [1.82, 2.24) is 20.3 Å². The number of imidazole rings is 1. The monoisotopic (exact) mass is 565 g/mol. The Kier molecular flexibility index (Phi) is 6.53. The molecule has 0 bridgehead atoms. The molecule has 0 spiro atoms. The second-order valence-electron chi connectivity index (χ2n) is 7.21. The number of para-hydroxylation sites is 1. The average Bonchev–Trinajstić information content (AvgIpc) is 3.36. The molecule has 0 radical (unpaired) electrons. The summed E-state index contributed by atoms with van der Waals surface area (Å²) in [7, 11) is 0. The van der Waals surface area contributed by atoms with Crippen LogP contribution in [0.1, 0.15) is 39.1 Å². The van der Waals surface area contributed by atoms with Crippen LogP contribution in [0.3, 0.4) is 0 Å². The van der Waals surface area contributed by atoms with Gasteiger partial charge in [-0.15, -0.1) is 0 Å². The van der Waals surface area contributed by atoms with Gasteiger partial charge >= 0.3 is 0 Å². The number of aromatic amines is 2. The van der Waals surface area contributed by atoms with Crippen LogP contribution in [-0.2, 0) is 0 Å². The van der Waals surface area contributed by atoms with E-state index < -0.39 is 12.1 Å². The Labute approximate surface area is 200 Å². The molecule has 2 aromatic heterocycles. The maximum absolute atomic E-state index is 12.6. The molecule has 0 saturated heterocycles. The topological polar surface area (TPSA) is 164 Å². The summed E-state index contributed by atoms with van der Waals surface area (Å²) in [5.74, 6) is 0.393. The standard InChI is InChI=1S/C20H21Br2N7O3/c21-10-6-11(28-18(10)22)19(31)25-7-12-17(13-8-26-20(24)29-13)32-15-3-1-2-9(16(15)27-12)14(30)4-5-23/h1-3,6,8,12,17,27-28H,4-5,7,23H2,(H,25,31)(H3,24,26,29)/t12-,17+/m1/s1. The Morgan fingerprint density at radius 3 is 2.72 bits per heavy atom. The number of hydrogen-bond donors (Lipinski definition) is 6. The zero-order valence-corrected chi connectivity index (χ0v) is 19.9. The number of nitrogen functional groups attached to an aromatic ring is 1. The zero-order valence-electron chi connectivity index (χ0n) is 16.7. The fourth-order valence-electron chi connectivity index (χ4n) is 3.52. The lowest BCUT2D eigenvalue weighted by Crippen LogP contribution is -2.44. The van der Waals surface area contributed by atoms with E-state index in [1.807, 2.05) is 0 Å². The van der Waals surface area contributed by atoms with Crippen molar-refractivity contribution in [3.63, 3.8) is 0 Å². The van der Waals surface area contributed by atoms with Crippen molar-refractivity contribution in [2.75, 3.05) is 24.1 Å². The molecule has 0 unspecified atom stereocenters. The third-order valence-electron chi connectivity index (χ3n) is 5.02. The molecule has 168 valence electrons. The number of nitrogens with zero attached hydrogens (tertiary/aromatic N) is 1. The van der Waals surface area contributed by atoms with Crippen molar-refractivity contribution in [1.29, 1.82) is 0 Å². The largest absolute Gasteiger partial charge is 0.480 e. The van der Waals surface area contributed by atoms with Crippen LogP contribution in [0.4, 0.5) is 11.6 Å². The van der Waals surface area contributed by atoms with E-state index in [0.717, 1.165) is 4.47 Å². The molecule has 1 aromatic carbocycles. The molecular formula is C20H21Br2N7O3. The van der Waals surface area contributed by atoms with E-state index in [-0.39, 0.29) is 37.1 Å². The summed E-state index contributed by atoms with van der Waals surface area (Å²) in [6, 6.07) is 6.52. The van der Waals surface area contributed by atoms with Crippen LogP contribution in [0.2, 0.25) is 0 Å². The number of anilines is 2. The Bertz CT molecular complexity index is 1140. The third-order valence-corrected chi connectivity index (χ3v) is 6.80. The van der Waals surface area contributed by atoms with Gasteiger partial charge in [0.1, 0.15) is 11.4 Å². The van der Waals surface area contributed by atoms with Crippen LogP contribution >= 0.6 is 31.9 Å². The summed E-state index contributed by atoms with van der Waals surface area (Å²) < 4.78 is 7.64. The van der Waals surface area contributed by atoms with Gasteiger partial charge in [0.05, 0.1) is 32.7 Å². The lowest BCUT2D eigenvalue weighted by atomic mass is 10.00. The number of aromatic nitrogens is 3. The number of ketones is 1. The Morgan fingerprint density at radius 2 is 2.06 bits per heavy atom. The SMILES string of the molecule is NCCC(=O)c1cccc2c1N[C@H](CNC(=O)c1cc(Br)c(Br)[nH]1)[C@@H](c1cnc(N)[nH]1)O2. The van der Waals surface area contributed by atoms with Gasteiger partial charge in [-0.25, -0.2) is 4.98 Å². The highest BCUT2D eigenvalue weighted by atomic mass is 79.9. The molecule has 2 atom stereocenters.